The number of unbranched alkanes of at least 4 members (excludes halogenated alkanes) is 6. The Morgan fingerprint density at radius 2 is 1.65 bits per heavy atom. The Morgan fingerprint density at radius 3 is 2.42 bits per heavy atom. The van der Waals surface area contributed by atoms with Crippen molar-refractivity contribution in [2.75, 3.05) is 62.6 Å². The molecule has 11 rings (SSSR count). The fourth-order valence-corrected chi connectivity index (χ4v) is 14.2. The number of allylic oxidation sites excluding steroid dienone is 1. The highest BCUT2D eigenvalue weighted by atomic mass is 35.5. The molecule has 5 amide bonds. The summed E-state index contributed by atoms with van der Waals surface area (Å²) in [5.74, 6) is 5.19. The Hall–Kier alpha value is -8.58. The first kappa shape index (κ1) is 64.0. The van der Waals surface area contributed by atoms with Crippen LogP contribution in [0.5, 0.6) is 11.5 Å². The summed E-state index contributed by atoms with van der Waals surface area (Å²) in [4.78, 5) is 91.6. The number of imide groups is 1. The van der Waals surface area contributed by atoms with Crippen molar-refractivity contribution in [1.29, 1.82) is 0 Å². The number of aromatic nitrogens is 2. The molecule has 3 fully saturated rings. The van der Waals surface area contributed by atoms with Crippen LogP contribution in [0.3, 0.4) is 0 Å². The topological polar surface area (TPSA) is 250 Å². The van der Waals surface area contributed by atoms with Crippen molar-refractivity contribution in [2.45, 2.75) is 128 Å². The molecule has 3 saturated heterocycles. The fourth-order valence-electron chi connectivity index (χ4n) is 13.1. The molecule has 0 radical (unpaired) electrons. The number of fused-ring (bicyclic) bond motifs is 2. The summed E-state index contributed by atoms with van der Waals surface area (Å²) in [6.45, 7) is 10.3. The number of sulfonamides is 1. The smallest absolute Gasteiger partial charge is 0.293 e. The van der Waals surface area contributed by atoms with E-state index in [-0.39, 0.29) is 59.0 Å². The summed E-state index contributed by atoms with van der Waals surface area (Å²) in [7, 11) is -4.65. The number of hydrogen-bond donors (Lipinski definition) is 4. The Morgan fingerprint density at radius 1 is 0.879 bits per heavy atom. The molecule has 4 aromatic carbocycles. The number of rotatable bonds is 22. The van der Waals surface area contributed by atoms with E-state index in [9.17, 15) is 42.5 Å². The minimum Gasteiger partial charge on any atom is -0.455 e. The lowest BCUT2D eigenvalue weighted by atomic mass is 9.72. The van der Waals surface area contributed by atoms with Crippen LogP contribution in [0.4, 0.5) is 17.1 Å². The molecule has 0 bridgehead atoms. The quantitative estimate of drug-likeness (QED) is 0.0162. The summed E-state index contributed by atoms with van der Waals surface area (Å²) in [5.41, 5.74) is 7.45. The highest BCUT2D eigenvalue weighted by Crippen LogP contribution is 2.44. The summed E-state index contributed by atoms with van der Waals surface area (Å²) in [6.07, 6.45) is 15.2. The van der Waals surface area contributed by atoms with E-state index in [1.165, 1.54) is 46.0 Å². The summed E-state index contributed by atoms with van der Waals surface area (Å²) >= 11 is 6.27. The molecule has 4 N–H and O–H groups in total. The number of piperidine rings is 2. The number of carbonyl (C=O) groups excluding carboxylic acids is 5. The van der Waals surface area contributed by atoms with E-state index in [0.717, 1.165) is 106 Å². The summed E-state index contributed by atoms with van der Waals surface area (Å²) in [6, 6.07) is 25.1. The Labute approximate surface area is 535 Å². The number of nitrogens with zero attached hydrogens (tertiary/aromatic N) is 6. The normalized spacial score (nSPS) is 18.0. The number of aromatic amines is 1. The predicted octanol–water partition coefficient (Wildman–Crippen LogP) is 11.4. The highest BCUT2D eigenvalue weighted by molar-refractivity contribution is 7.90. The van der Waals surface area contributed by atoms with E-state index in [1.54, 1.807) is 36.5 Å². The van der Waals surface area contributed by atoms with Gasteiger partial charge in [0, 0.05) is 124 Å². The second-order valence-corrected chi connectivity index (χ2v) is 27.4. The van der Waals surface area contributed by atoms with Crippen LogP contribution in [0.25, 0.3) is 16.6 Å². The standard InChI is InChI=1S/C69H77ClN10O10S/c1-69(2)30-26-50(57(41-69)48-16-18-51(70)19-17-48)44-76-34-36-77(37-35-76)52-20-22-56(62(39-52)90-53-38-49-27-31-71-65(49)73-43-53)66(83)75-91(88,89)54-21-23-59(61(40-54)80(86)87)72-42-46-28-32-78(33-29-46)64(82)15-10-8-6-4-3-5-7-9-12-47-13-11-14-55-58(47)45-79(68(55)85)60-24-25-63(81)74-67(60)84/h11,13-14,16-23,27,31,38-40,43,46,60,72H,3-8,10,15,24-26,28-30,32-37,41-42,44-45H2,1-2H3,(H,71,73)(H,75,83)(H,74,81,84). The van der Waals surface area contributed by atoms with Crippen molar-refractivity contribution >= 4 is 84.8 Å². The number of nitrogens with one attached hydrogen (secondary N) is 4. The minimum absolute atomic E-state index is 0.0655. The van der Waals surface area contributed by atoms with Gasteiger partial charge in [-0.25, -0.2) is 18.1 Å². The first-order valence-corrected chi connectivity index (χ1v) is 33.5. The Bertz CT molecular complexity index is 3970. The predicted molar refractivity (Wildman–Crippen MR) is 349 cm³/mol. The van der Waals surface area contributed by atoms with Gasteiger partial charge in [0.25, 0.3) is 27.5 Å². The number of hydrogen-bond acceptors (Lipinski definition) is 14. The zero-order valence-corrected chi connectivity index (χ0v) is 53.1. The monoisotopic (exact) mass is 1270 g/mol. The van der Waals surface area contributed by atoms with Gasteiger partial charge in [0.15, 0.2) is 0 Å². The fraction of sp³-hybridized carbons (Fsp3) is 0.420. The third-order valence-electron chi connectivity index (χ3n) is 18.3. The largest absolute Gasteiger partial charge is 0.455 e. The van der Waals surface area contributed by atoms with Crippen molar-refractivity contribution in [3.05, 3.63) is 152 Å². The van der Waals surface area contributed by atoms with Crippen molar-refractivity contribution in [1.82, 2.24) is 34.7 Å². The lowest BCUT2D eigenvalue weighted by Gasteiger charge is -2.39. The number of carbonyl (C=O) groups is 5. The van der Waals surface area contributed by atoms with E-state index >= 15 is 0 Å². The molecule has 6 heterocycles. The van der Waals surface area contributed by atoms with E-state index in [0.29, 0.717) is 86.8 Å². The maximum Gasteiger partial charge on any atom is 0.293 e. The maximum atomic E-state index is 14.2. The van der Waals surface area contributed by atoms with Crippen LogP contribution >= 0.6 is 11.6 Å². The molecule has 1 unspecified atom stereocenters. The lowest BCUT2D eigenvalue weighted by molar-refractivity contribution is -0.384. The van der Waals surface area contributed by atoms with Crippen LogP contribution in [0.2, 0.25) is 5.02 Å². The Balaban J connectivity index is 0.632. The molecular weight excluding hydrogens is 1200 g/mol. The van der Waals surface area contributed by atoms with Crippen LogP contribution in [-0.4, -0.2) is 126 Å². The zero-order valence-electron chi connectivity index (χ0n) is 51.5. The average molecular weight is 1270 g/mol. The second-order valence-electron chi connectivity index (χ2n) is 25.3. The highest BCUT2D eigenvalue weighted by Gasteiger charge is 2.40. The molecule has 0 spiro atoms. The van der Waals surface area contributed by atoms with E-state index < -0.39 is 43.4 Å². The minimum atomic E-state index is -4.65. The Kier molecular flexibility index (Phi) is 19.9. The number of H-pyrrole nitrogens is 1. The number of piperazine rings is 1. The first-order chi connectivity index (χ1) is 43.8. The van der Waals surface area contributed by atoms with Gasteiger partial charge in [-0.05, 0) is 140 Å². The molecule has 476 valence electrons. The molecule has 91 heavy (non-hydrogen) atoms. The zero-order chi connectivity index (χ0) is 63.8. The van der Waals surface area contributed by atoms with Gasteiger partial charge < -0.3 is 29.7 Å². The number of ether oxygens (including phenoxy) is 1. The van der Waals surface area contributed by atoms with Gasteiger partial charge in [-0.1, -0.05) is 86.7 Å². The van der Waals surface area contributed by atoms with Gasteiger partial charge >= 0.3 is 0 Å². The van der Waals surface area contributed by atoms with Gasteiger partial charge in [-0.3, -0.25) is 44.3 Å². The molecule has 4 aliphatic heterocycles. The molecule has 1 aliphatic carbocycles. The summed E-state index contributed by atoms with van der Waals surface area (Å²) in [5, 5.41) is 19.5. The van der Waals surface area contributed by atoms with Gasteiger partial charge in [-0.2, -0.15) is 0 Å². The van der Waals surface area contributed by atoms with E-state index in [2.05, 4.69) is 72.9 Å². The molecule has 20 nitrogen and oxygen atoms in total. The van der Waals surface area contributed by atoms with Crippen molar-refractivity contribution in [3.63, 3.8) is 0 Å². The van der Waals surface area contributed by atoms with Crippen molar-refractivity contribution in [3.8, 4) is 23.3 Å². The molecule has 0 saturated carbocycles. The van der Waals surface area contributed by atoms with E-state index in [1.807, 2.05) is 29.2 Å². The first-order valence-electron chi connectivity index (χ1n) is 31.7. The molecule has 1 atom stereocenters. The SMILES string of the molecule is CC1(C)CCC(CN2CCN(c3ccc(C(=O)NS(=O)(=O)c4ccc(NCC5CCN(C(=O)CCCCCCCCC#Cc6cccc7c6CN(C6CCC(=O)NC6=O)C7=O)CC5)c([N+](=O)[O-])c4)c(Oc4cnc5[nH]ccc5c4)c3)CC2)=C(c2ccc(Cl)cc2)C1. The maximum absolute atomic E-state index is 14.2. The number of likely N-dealkylation sites (tertiary alicyclic amines) is 1. The van der Waals surface area contributed by atoms with Gasteiger partial charge in [0.1, 0.15) is 28.9 Å². The number of nitro benzene ring substituents is 1. The number of nitro groups is 1. The number of benzene rings is 4. The third-order valence-corrected chi connectivity index (χ3v) is 19.9. The van der Waals surface area contributed by atoms with Crippen LogP contribution in [0.15, 0.2) is 114 Å². The summed E-state index contributed by atoms with van der Waals surface area (Å²) < 4.78 is 36.5. The van der Waals surface area contributed by atoms with Gasteiger partial charge in [0.05, 0.1) is 21.6 Å². The van der Waals surface area contributed by atoms with Crippen molar-refractivity contribution in [2.24, 2.45) is 11.3 Å². The van der Waals surface area contributed by atoms with Gasteiger partial charge in [0.2, 0.25) is 17.7 Å². The molecule has 22 heteroatoms. The molecular formula is C69H77ClN10O10S. The average Bonchev–Trinajstić information content (AvgIpc) is 1.87. The number of pyridine rings is 1. The molecule has 6 aromatic rings. The third kappa shape index (κ3) is 15.6. The van der Waals surface area contributed by atoms with Crippen LogP contribution in [-0.2, 0) is 31.0 Å². The second kappa shape index (κ2) is 28.3. The van der Waals surface area contributed by atoms with Crippen LogP contribution in [0, 0.1) is 33.3 Å². The molecule has 2 aromatic heterocycles. The lowest BCUT2D eigenvalue weighted by Crippen LogP contribution is -2.52. The number of halogens is 1. The van der Waals surface area contributed by atoms with Gasteiger partial charge in [-0.15, -0.1) is 0 Å². The van der Waals surface area contributed by atoms with Crippen LogP contribution in [0.1, 0.15) is 148 Å². The van der Waals surface area contributed by atoms with Crippen molar-refractivity contribution < 1.29 is 42.1 Å². The number of amides is 5. The van der Waals surface area contributed by atoms with Crippen LogP contribution < -0.4 is 25.0 Å². The number of anilines is 2. The van der Waals surface area contributed by atoms with E-state index in [4.69, 9.17) is 16.3 Å². The molecule has 5 aliphatic rings.